The number of halogens is 1. The Balaban J connectivity index is 1.63. The van der Waals surface area contributed by atoms with Gasteiger partial charge < -0.3 is 10.2 Å². The summed E-state index contributed by atoms with van der Waals surface area (Å²) >= 11 is 6.20. The van der Waals surface area contributed by atoms with Gasteiger partial charge in [-0.25, -0.2) is 4.79 Å². The summed E-state index contributed by atoms with van der Waals surface area (Å²) in [6.07, 6.45) is 4.00. The van der Waals surface area contributed by atoms with E-state index in [2.05, 4.69) is 56.1 Å². The van der Waals surface area contributed by atoms with E-state index in [0.29, 0.717) is 5.02 Å². The topological polar surface area (TPSA) is 52.7 Å². The molecule has 2 aliphatic rings. The van der Waals surface area contributed by atoms with Gasteiger partial charge in [-0.1, -0.05) is 41.9 Å². The zero-order chi connectivity index (χ0) is 22.3. The Hall–Kier alpha value is -3.05. The molecule has 0 radical (unpaired) electrons. The summed E-state index contributed by atoms with van der Waals surface area (Å²) in [5, 5.41) is 3.23. The Labute approximate surface area is 188 Å². The van der Waals surface area contributed by atoms with E-state index >= 15 is 0 Å². The summed E-state index contributed by atoms with van der Waals surface area (Å²) in [6.45, 7) is 9.71. The molecule has 0 atom stereocenters. The molecule has 0 bridgehead atoms. The third-order valence-corrected chi connectivity index (χ3v) is 6.25. The molecule has 0 saturated carbocycles. The number of rotatable bonds is 4. The van der Waals surface area contributed by atoms with E-state index in [9.17, 15) is 9.59 Å². The highest BCUT2D eigenvalue weighted by molar-refractivity contribution is 6.31. The molecule has 0 aliphatic carbocycles. The molecule has 1 fully saturated rings. The van der Waals surface area contributed by atoms with E-state index in [1.54, 1.807) is 12.1 Å². The highest BCUT2D eigenvalue weighted by atomic mass is 35.5. The van der Waals surface area contributed by atoms with Crippen LogP contribution < -0.4 is 10.2 Å². The molecule has 160 valence electrons. The second-order valence-electron chi connectivity index (χ2n) is 8.47. The first-order valence-electron chi connectivity index (χ1n) is 10.4. The lowest BCUT2D eigenvalue weighted by Gasteiger charge is -2.42. The Morgan fingerprint density at radius 2 is 1.87 bits per heavy atom. The number of carbonyl (C=O) groups is 2. The molecule has 2 heterocycles. The van der Waals surface area contributed by atoms with Crippen molar-refractivity contribution in [1.82, 2.24) is 10.2 Å². The smallest absolute Gasteiger partial charge is 0.329 e. The van der Waals surface area contributed by atoms with Gasteiger partial charge in [0, 0.05) is 22.8 Å². The fraction of sp³-hybridized carbons (Fsp3) is 0.280. The Morgan fingerprint density at radius 1 is 1.13 bits per heavy atom. The molecule has 2 aliphatic heterocycles. The van der Waals surface area contributed by atoms with Gasteiger partial charge in [0.15, 0.2) is 0 Å². The molecule has 3 amide bonds. The van der Waals surface area contributed by atoms with E-state index in [4.69, 9.17) is 11.6 Å². The van der Waals surface area contributed by atoms with Gasteiger partial charge in [-0.2, -0.15) is 0 Å². The maximum Gasteiger partial charge on any atom is 0.329 e. The summed E-state index contributed by atoms with van der Waals surface area (Å²) < 4.78 is 0. The second kappa shape index (κ2) is 7.89. The summed E-state index contributed by atoms with van der Waals surface area (Å²) in [6, 6.07) is 12.9. The van der Waals surface area contributed by atoms with Crippen molar-refractivity contribution in [2.24, 2.45) is 0 Å². The number of allylic oxidation sites excluding steroid dienone is 1. The average molecular weight is 436 g/mol. The van der Waals surface area contributed by atoms with Gasteiger partial charge >= 0.3 is 6.03 Å². The predicted molar refractivity (Wildman–Crippen MR) is 126 cm³/mol. The van der Waals surface area contributed by atoms with E-state index in [-0.39, 0.29) is 23.7 Å². The molecule has 1 N–H and O–H groups in total. The summed E-state index contributed by atoms with van der Waals surface area (Å²) in [5.74, 6) is -0.355. The van der Waals surface area contributed by atoms with Gasteiger partial charge in [0.05, 0.1) is 12.1 Å². The van der Waals surface area contributed by atoms with Crippen LogP contribution in [0.2, 0.25) is 5.02 Å². The van der Waals surface area contributed by atoms with Crippen molar-refractivity contribution in [2.75, 3.05) is 11.4 Å². The summed E-state index contributed by atoms with van der Waals surface area (Å²) in [4.78, 5) is 28.9. The molecule has 0 unspecified atom stereocenters. The molecule has 0 spiro atoms. The van der Waals surface area contributed by atoms with E-state index in [1.807, 2.05) is 24.3 Å². The number of carbonyl (C=O) groups excluding carboxylic acids is 2. The van der Waals surface area contributed by atoms with E-state index in [0.717, 1.165) is 23.2 Å². The fourth-order valence-electron chi connectivity index (χ4n) is 4.45. The molecule has 0 aromatic heterocycles. The number of nitrogens with one attached hydrogen (secondary N) is 1. The average Bonchev–Trinajstić information content (AvgIpc) is 2.97. The molecule has 2 aromatic carbocycles. The predicted octanol–water partition coefficient (Wildman–Crippen LogP) is 5.45. The minimum atomic E-state index is -0.441. The number of hydrogen-bond acceptors (Lipinski definition) is 3. The number of nitrogens with zero attached hydrogens (tertiary/aromatic N) is 2. The van der Waals surface area contributed by atoms with Crippen molar-refractivity contribution in [3.05, 3.63) is 76.0 Å². The van der Waals surface area contributed by atoms with Crippen molar-refractivity contribution in [3.63, 3.8) is 0 Å². The van der Waals surface area contributed by atoms with Crippen molar-refractivity contribution in [2.45, 2.75) is 39.8 Å². The van der Waals surface area contributed by atoms with Gasteiger partial charge in [0.2, 0.25) is 0 Å². The maximum atomic E-state index is 12.9. The van der Waals surface area contributed by atoms with Crippen LogP contribution in [-0.2, 0) is 11.3 Å². The van der Waals surface area contributed by atoms with Crippen molar-refractivity contribution in [1.29, 1.82) is 0 Å². The number of imide groups is 1. The SMILES string of the molecule is CCN1c2ccc(/C=C3/NC(=O)N(Cc4ccccc4Cl)C3=O)cc2C(C)=CC1(C)C. The molecule has 6 heteroatoms. The summed E-state index contributed by atoms with van der Waals surface area (Å²) in [7, 11) is 0. The molecular formula is C25H26ClN3O2. The minimum absolute atomic E-state index is 0.0551. The van der Waals surface area contributed by atoms with Crippen LogP contribution in [0.4, 0.5) is 10.5 Å². The normalized spacial score (nSPS) is 18.9. The summed E-state index contributed by atoms with van der Waals surface area (Å²) in [5.41, 5.74) is 5.32. The monoisotopic (exact) mass is 435 g/mol. The van der Waals surface area contributed by atoms with Crippen molar-refractivity contribution < 1.29 is 9.59 Å². The van der Waals surface area contributed by atoms with E-state index < -0.39 is 6.03 Å². The van der Waals surface area contributed by atoms with Gasteiger partial charge in [-0.15, -0.1) is 0 Å². The highest BCUT2D eigenvalue weighted by Gasteiger charge is 2.34. The van der Waals surface area contributed by atoms with Crippen LogP contribution in [0, 0.1) is 0 Å². The van der Waals surface area contributed by atoms with Crippen LogP contribution in [0.3, 0.4) is 0 Å². The number of urea groups is 1. The van der Waals surface area contributed by atoms with Crippen molar-refractivity contribution in [3.8, 4) is 0 Å². The Kier molecular flexibility index (Phi) is 5.40. The van der Waals surface area contributed by atoms with Gasteiger partial charge in [0.1, 0.15) is 5.70 Å². The van der Waals surface area contributed by atoms with Crippen LogP contribution in [0.25, 0.3) is 11.6 Å². The first-order valence-corrected chi connectivity index (χ1v) is 10.8. The molecule has 2 aromatic rings. The first kappa shape index (κ1) is 21.2. The fourth-order valence-corrected chi connectivity index (χ4v) is 4.64. The number of benzene rings is 2. The lowest BCUT2D eigenvalue weighted by molar-refractivity contribution is -0.123. The minimum Gasteiger partial charge on any atom is -0.363 e. The van der Waals surface area contributed by atoms with E-state index in [1.165, 1.54) is 16.2 Å². The third kappa shape index (κ3) is 3.86. The molecule has 31 heavy (non-hydrogen) atoms. The van der Waals surface area contributed by atoms with Gasteiger partial charge in [0.25, 0.3) is 5.91 Å². The zero-order valence-electron chi connectivity index (χ0n) is 18.2. The number of anilines is 1. The Bertz CT molecular complexity index is 1130. The highest BCUT2D eigenvalue weighted by Crippen LogP contribution is 2.39. The quantitative estimate of drug-likeness (QED) is 0.512. The van der Waals surface area contributed by atoms with Crippen molar-refractivity contribution >= 4 is 40.9 Å². The number of amides is 3. The lowest BCUT2D eigenvalue weighted by Crippen LogP contribution is -2.44. The zero-order valence-corrected chi connectivity index (χ0v) is 19.0. The van der Waals surface area contributed by atoms with Crippen LogP contribution in [0.15, 0.2) is 54.2 Å². The molecular weight excluding hydrogens is 410 g/mol. The van der Waals surface area contributed by atoms with Crippen LogP contribution in [-0.4, -0.2) is 28.9 Å². The van der Waals surface area contributed by atoms with Crippen LogP contribution in [0.5, 0.6) is 0 Å². The van der Waals surface area contributed by atoms with Gasteiger partial charge in [-0.3, -0.25) is 9.69 Å². The largest absolute Gasteiger partial charge is 0.363 e. The lowest BCUT2D eigenvalue weighted by atomic mass is 9.88. The second-order valence-corrected chi connectivity index (χ2v) is 8.88. The number of fused-ring (bicyclic) bond motifs is 1. The van der Waals surface area contributed by atoms with Crippen LogP contribution >= 0.6 is 11.6 Å². The molecule has 5 nitrogen and oxygen atoms in total. The van der Waals surface area contributed by atoms with Crippen LogP contribution in [0.1, 0.15) is 44.4 Å². The van der Waals surface area contributed by atoms with Gasteiger partial charge in [-0.05, 0) is 68.7 Å². The number of hydrogen-bond donors (Lipinski definition) is 1. The third-order valence-electron chi connectivity index (χ3n) is 5.88. The maximum absolute atomic E-state index is 12.9. The molecule has 4 rings (SSSR count). The molecule has 1 saturated heterocycles. The standard InChI is InChI=1S/C25H26ClN3O2/c1-5-29-22-11-10-17(12-19(22)16(2)14-25(29,3)4)13-21-23(30)28(24(31)27-21)15-18-8-6-7-9-20(18)26/h6-14H,5,15H2,1-4H3,(H,27,31)/b21-13+. The first-order chi connectivity index (χ1) is 14.7. The Morgan fingerprint density at radius 3 is 2.58 bits per heavy atom. The number of likely N-dealkylation sites (N-methyl/N-ethyl adjacent to an activating group) is 1.